The van der Waals surface area contributed by atoms with E-state index in [9.17, 15) is 0 Å². The Bertz CT molecular complexity index is 1470. The fraction of sp³-hybridized carbons (Fsp3) is 0. The molecule has 0 aromatic heterocycles. The van der Waals surface area contributed by atoms with E-state index in [2.05, 4.69) is 121 Å². The smallest absolute Gasteiger partial charge is 0.00139 e. The average Bonchev–Trinajstić information content (AvgIpc) is 2.82. The summed E-state index contributed by atoms with van der Waals surface area (Å²) < 4.78 is 0. The number of rotatable bonds is 2. The van der Waals surface area contributed by atoms with E-state index in [-0.39, 0.29) is 0 Å². The summed E-state index contributed by atoms with van der Waals surface area (Å²) in [4.78, 5) is 0. The van der Waals surface area contributed by atoms with Crippen molar-refractivity contribution in [3.05, 3.63) is 121 Å². The van der Waals surface area contributed by atoms with Crippen molar-refractivity contribution in [1.29, 1.82) is 0 Å². The first-order valence-electron chi connectivity index (χ1n) is 10.3. The van der Waals surface area contributed by atoms with Crippen molar-refractivity contribution in [3.8, 4) is 22.3 Å². The minimum absolute atomic E-state index is 1.16. The van der Waals surface area contributed by atoms with Crippen LogP contribution in [0, 0.1) is 6.07 Å². The number of hydrogen-bond donors (Lipinski definition) is 0. The SMILES string of the molecule is [c]1c2ccccc2c(-c2ccc(-c3ccc4ccccc4c3)cc2)c2ccccc12. The highest BCUT2D eigenvalue weighted by Crippen LogP contribution is 2.37. The van der Waals surface area contributed by atoms with Crippen LogP contribution >= 0.6 is 0 Å². The predicted molar refractivity (Wildman–Crippen MR) is 129 cm³/mol. The Morgan fingerprint density at radius 3 is 1.63 bits per heavy atom. The maximum atomic E-state index is 3.57. The maximum Gasteiger partial charge on any atom is -0.00139 e. The molecule has 6 rings (SSSR count). The number of hydrogen-bond acceptors (Lipinski definition) is 0. The fourth-order valence-electron chi connectivity index (χ4n) is 4.42. The fourth-order valence-corrected chi connectivity index (χ4v) is 4.42. The van der Waals surface area contributed by atoms with E-state index in [1.165, 1.54) is 43.8 Å². The summed E-state index contributed by atoms with van der Waals surface area (Å²) in [5, 5.41) is 7.35. The van der Waals surface area contributed by atoms with Crippen molar-refractivity contribution in [3.63, 3.8) is 0 Å². The van der Waals surface area contributed by atoms with Crippen LogP contribution < -0.4 is 0 Å². The second-order valence-corrected chi connectivity index (χ2v) is 7.73. The maximum absolute atomic E-state index is 3.57. The first kappa shape index (κ1) is 17.0. The molecule has 0 N–H and O–H groups in total. The van der Waals surface area contributed by atoms with E-state index in [1.807, 2.05) is 0 Å². The van der Waals surface area contributed by atoms with E-state index in [4.69, 9.17) is 0 Å². The standard InChI is InChI=1S/C30H19/c1-2-8-24-19-25(18-15-21(24)7-1)22-13-16-23(17-14-22)30-28-11-5-3-9-26(28)20-27-10-4-6-12-29(27)30/h1-19H. The van der Waals surface area contributed by atoms with Gasteiger partial charge in [0.2, 0.25) is 0 Å². The molecule has 0 heteroatoms. The zero-order valence-electron chi connectivity index (χ0n) is 16.5. The lowest BCUT2D eigenvalue weighted by molar-refractivity contribution is 1.63. The van der Waals surface area contributed by atoms with Gasteiger partial charge in [-0.2, -0.15) is 0 Å². The topological polar surface area (TPSA) is 0 Å². The van der Waals surface area contributed by atoms with E-state index < -0.39 is 0 Å². The zero-order chi connectivity index (χ0) is 19.9. The van der Waals surface area contributed by atoms with E-state index >= 15 is 0 Å². The summed E-state index contributed by atoms with van der Waals surface area (Å²) in [6, 6.07) is 44.8. The lowest BCUT2D eigenvalue weighted by atomic mass is 9.91. The minimum Gasteiger partial charge on any atom is -0.0616 e. The Balaban J connectivity index is 1.52. The van der Waals surface area contributed by atoms with Gasteiger partial charge in [0, 0.05) is 0 Å². The Hall–Kier alpha value is -3.90. The van der Waals surface area contributed by atoms with Gasteiger partial charge in [0.15, 0.2) is 0 Å². The van der Waals surface area contributed by atoms with Crippen LogP contribution in [0.4, 0.5) is 0 Å². The molecule has 139 valence electrons. The third kappa shape index (κ3) is 2.77. The highest BCUT2D eigenvalue weighted by molar-refractivity contribution is 6.12. The molecular formula is C30H19. The van der Waals surface area contributed by atoms with Crippen LogP contribution in [-0.2, 0) is 0 Å². The molecule has 0 nitrogen and oxygen atoms in total. The molecule has 0 spiro atoms. The summed E-state index contributed by atoms with van der Waals surface area (Å²) in [7, 11) is 0. The molecule has 0 aliphatic heterocycles. The molecular weight excluding hydrogens is 360 g/mol. The monoisotopic (exact) mass is 379 g/mol. The van der Waals surface area contributed by atoms with Crippen molar-refractivity contribution < 1.29 is 0 Å². The van der Waals surface area contributed by atoms with Gasteiger partial charge < -0.3 is 0 Å². The predicted octanol–water partition coefficient (Wildman–Crippen LogP) is 8.28. The molecule has 0 aliphatic rings. The molecule has 0 bridgehead atoms. The van der Waals surface area contributed by atoms with Gasteiger partial charge in [-0.25, -0.2) is 0 Å². The molecule has 0 amide bonds. The van der Waals surface area contributed by atoms with E-state index in [0.29, 0.717) is 0 Å². The van der Waals surface area contributed by atoms with Crippen LogP contribution in [-0.4, -0.2) is 0 Å². The van der Waals surface area contributed by atoms with Gasteiger partial charge in [-0.05, 0) is 66.7 Å². The summed E-state index contributed by atoms with van der Waals surface area (Å²) in [5.41, 5.74) is 5.00. The van der Waals surface area contributed by atoms with Crippen molar-refractivity contribution >= 4 is 32.3 Å². The molecule has 0 fully saturated rings. The minimum atomic E-state index is 1.16. The van der Waals surface area contributed by atoms with E-state index in [0.717, 1.165) is 10.8 Å². The van der Waals surface area contributed by atoms with Crippen molar-refractivity contribution in [2.75, 3.05) is 0 Å². The summed E-state index contributed by atoms with van der Waals surface area (Å²) in [5.74, 6) is 0. The molecule has 0 saturated heterocycles. The summed E-state index contributed by atoms with van der Waals surface area (Å²) in [6.07, 6.45) is 0. The van der Waals surface area contributed by atoms with Gasteiger partial charge >= 0.3 is 0 Å². The summed E-state index contributed by atoms with van der Waals surface area (Å²) >= 11 is 0. The first-order valence-corrected chi connectivity index (χ1v) is 10.3. The Morgan fingerprint density at radius 1 is 0.400 bits per heavy atom. The Kier molecular flexibility index (Phi) is 3.89. The Labute approximate surface area is 176 Å². The highest BCUT2D eigenvalue weighted by atomic mass is 14.1. The molecule has 0 aliphatic carbocycles. The third-order valence-corrected chi connectivity index (χ3v) is 5.92. The molecule has 1 radical (unpaired) electrons. The van der Waals surface area contributed by atoms with Gasteiger partial charge in [-0.1, -0.05) is 109 Å². The van der Waals surface area contributed by atoms with Crippen LogP contribution in [0.2, 0.25) is 0 Å². The lowest BCUT2D eigenvalue weighted by Crippen LogP contribution is -1.86. The van der Waals surface area contributed by atoms with Gasteiger partial charge in [0.05, 0.1) is 0 Å². The molecule has 0 atom stereocenters. The lowest BCUT2D eigenvalue weighted by Gasteiger charge is -2.12. The quantitative estimate of drug-likeness (QED) is 0.266. The van der Waals surface area contributed by atoms with Crippen LogP contribution in [0.25, 0.3) is 54.6 Å². The average molecular weight is 379 g/mol. The molecule has 30 heavy (non-hydrogen) atoms. The van der Waals surface area contributed by atoms with Crippen molar-refractivity contribution in [1.82, 2.24) is 0 Å². The van der Waals surface area contributed by atoms with Gasteiger partial charge in [-0.15, -0.1) is 0 Å². The van der Waals surface area contributed by atoms with E-state index in [1.54, 1.807) is 0 Å². The molecule has 0 unspecified atom stereocenters. The number of benzene rings is 6. The van der Waals surface area contributed by atoms with Crippen LogP contribution in [0.3, 0.4) is 0 Å². The van der Waals surface area contributed by atoms with Crippen molar-refractivity contribution in [2.24, 2.45) is 0 Å². The first-order chi connectivity index (χ1) is 14.9. The second-order valence-electron chi connectivity index (χ2n) is 7.73. The van der Waals surface area contributed by atoms with Gasteiger partial charge in [-0.3, -0.25) is 0 Å². The third-order valence-electron chi connectivity index (χ3n) is 5.92. The molecule has 6 aromatic carbocycles. The van der Waals surface area contributed by atoms with Crippen LogP contribution in [0.5, 0.6) is 0 Å². The largest absolute Gasteiger partial charge is 0.0616 e. The van der Waals surface area contributed by atoms with Gasteiger partial charge in [0.25, 0.3) is 0 Å². The number of fused-ring (bicyclic) bond motifs is 3. The van der Waals surface area contributed by atoms with Gasteiger partial charge in [0.1, 0.15) is 0 Å². The molecule has 0 saturated carbocycles. The highest BCUT2D eigenvalue weighted by Gasteiger charge is 2.10. The van der Waals surface area contributed by atoms with Crippen molar-refractivity contribution in [2.45, 2.75) is 0 Å². The van der Waals surface area contributed by atoms with Crippen LogP contribution in [0.15, 0.2) is 115 Å². The zero-order valence-corrected chi connectivity index (χ0v) is 16.5. The van der Waals surface area contributed by atoms with Crippen LogP contribution in [0.1, 0.15) is 0 Å². The molecule has 0 heterocycles. The summed E-state index contributed by atoms with van der Waals surface area (Å²) in [6.45, 7) is 0. The Morgan fingerprint density at radius 2 is 0.933 bits per heavy atom. The molecule has 6 aromatic rings. The second kappa shape index (κ2) is 6.86. The normalized spacial score (nSPS) is 11.3.